The second-order valence-electron chi connectivity index (χ2n) is 5.05. The van der Waals surface area contributed by atoms with E-state index in [1.165, 1.54) is 35.6 Å². The van der Waals surface area contributed by atoms with E-state index in [-0.39, 0.29) is 17.0 Å². The summed E-state index contributed by atoms with van der Waals surface area (Å²) in [5, 5.41) is 3.61. The highest BCUT2D eigenvalue weighted by molar-refractivity contribution is 7.89. The Morgan fingerprint density at radius 2 is 1.80 bits per heavy atom. The summed E-state index contributed by atoms with van der Waals surface area (Å²) >= 11 is 1.52. The fourth-order valence-electron chi connectivity index (χ4n) is 1.91. The number of carbonyl (C=O) groups excluding carboxylic acids is 1. The molecule has 2 rings (SSSR count). The highest BCUT2D eigenvalue weighted by Gasteiger charge is 2.28. The van der Waals surface area contributed by atoms with Crippen LogP contribution in [0.4, 0.5) is 13.2 Å². The van der Waals surface area contributed by atoms with Crippen molar-refractivity contribution in [3.05, 3.63) is 52.2 Å². The van der Waals surface area contributed by atoms with Crippen LogP contribution >= 0.6 is 11.3 Å². The monoisotopic (exact) mass is 392 g/mol. The Labute approximate surface area is 146 Å². The van der Waals surface area contributed by atoms with E-state index >= 15 is 0 Å². The molecule has 0 saturated heterocycles. The molecule has 1 aromatic carbocycles. The van der Waals surface area contributed by atoms with Gasteiger partial charge in [0.1, 0.15) is 6.54 Å². The number of sulfonamides is 1. The van der Waals surface area contributed by atoms with E-state index in [1.54, 1.807) is 5.32 Å². The van der Waals surface area contributed by atoms with Gasteiger partial charge in [-0.1, -0.05) is 6.07 Å². The quantitative estimate of drug-likeness (QED) is 0.761. The van der Waals surface area contributed by atoms with Crippen molar-refractivity contribution in [2.45, 2.75) is 17.5 Å². The molecule has 0 atom stereocenters. The lowest BCUT2D eigenvalue weighted by Crippen LogP contribution is -2.33. The first-order chi connectivity index (χ1) is 11.7. The molecular formula is C15H15F3N2O3S2. The van der Waals surface area contributed by atoms with Crippen LogP contribution in [0, 0.1) is 0 Å². The van der Waals surface area contributed by atoms with Gasteiger partial charge < -0.3 is 5.32 Å². The maximum absolute atomic E-state index is 12.1. The number of carbonyl (C=O) groups is 1. The molecule has 2 N–H and O–H groups in total. The SMILES string of the molecule is O=C(NCC(F)(F)F)c1ccc(S(=O)(=O)NCCc2cccs2)cc1. The summed E-state index contributed by atoms with van der Waals surface area (Å²) < 4.78 is 62.9. The molecule has 0 radical (unpaired) electrons. The van der Waals surface area contributed by atoms with Crippen molar-refractivity contribution >= 4 is 27.3 Å². The zero-order chi connectivity index (χ0) is 18.5. The van der Waals surface area contributed by atoms with Gasteiger partial charge in [0.25, 0.3) is 5.91 Å². The van der Waals surface area contributed by atoms with Crippen molar-refractivity contribution in [2.75, 3.05) is 13.1 Å². The lowest BCUT2D eigenvalue weighted by Gasteiger charge is -2.09. The minimum atomic E-state index is -4.51. The van der Waals surface area contributed by atoms with Gasteiger partial charge in [-0.3, -0.25) is 4.79 Å². The van der Waals surface area contributed by atoms with Crippen molar-refractivity contribution < 1.29 is 26.4 Å². The van der Waals surface area contributed by atoms with Gasteiger partial charge in [-0.2, -0.15) is 13.2 Å². The van der Waals surface area contributed by atoms with E-state index in [4.69, 9.17) is 0 Å². The van der Waals surface area contributed by atoms with Gasteiger partial charge in [0.2, 0.25) is 10.0 Å². The molecule has 0 aliphatic rings. The standard InChI is InChI=1S/C15H15F3N2O3S2/c16-15(17,18)10-19-14(21)11-3-5-13(6-4-11)25(22,23)20-8-7-12-2-1-9-24-12/h1-6,9,20H,7-8,10H2,(H,19,21). The third kappa shape index (κ3) is 6.15. The van der Waals surface area contributed by atoms with Crippen LogP contribution in [0.5, 0.6) is 0 Å². The number of hydrogen-bond acceptors (Lipinski definition) is 4. The third-order valence-corrected chi connectivity index (χ3v) is 5.53. The molecule has 0 bridgehead atoms. The molecule has 0 fully saturated rings. The van der Waals surface area contributed by atoms with Gasteiger partial charge in [-0.15, -0.1) is 11.3 Å². The fourth-order valence-corrected chi connectivity index (χ4v) is 3.66. The smallest absolute Gasteiger partial charge is 0.343 e. The number of thiophene rings is 1. The van der Waals surface area contributed by atoms with Crippen molar-refractivity contribution in [3.8, 4) is 0 Å². The third-order valence-electron chi connectivity index (χ3n) is 3.12. The summed E-state index contributed by atoms with van der Waals surface area (Å²) in [5.41, 5.74) is -0.0539. The Bertz CT molecular complexity index is 802. The first kappa shape index (κ1) is 19.4. The number of hydrogen-bond donors (Lipinski definition) is 2. The molecular weight excluding hydrogens is 377 g/mol. The van der Waals surface area contributed by atoms with E-state index in [0.717, 1.165) is 4.88 Å². The van der Waals surface area contributed by atoms with Gasteiger partial charge in [-0.05, 0) is 42.1 Å². The summed E-state index contributed by atoms with van der Waals surface area (Å²) in [6.45, 7) is -1.23. The van der Waals surface area contributed by atoms with Crippen LogP contribution in [-0.2, 0) is 16.4 Å². The molecule has 0 unspecified atom stereocenters. The average Bonchev–Trinajstić information content (AvgIpc) is 3.05. The Hall–Kier alpha value is -1.91. The maximum atomic E-state index is 12.1. The minimum Gasteiger partial charge on any atom is -0.343 e. The zero-order valence-corrected chi connectivity index (χ0v) is 14.5. The Balaban J connectivity index is 1.94. The number of rotatable bonds is 7. The summed E-state index contributed by atoms with van der Waals surface area (Å²) in [6, 6.07) is 8.45. The van der Waals surface area contributed by atoms with Crippen LogP contribution in [0.25, 0.3) is 0 Å². The number of benzene rings is 1. The molecule has 0 aliphatic carbocycles. The molecule has 0 spiro atoms. The lowest BCUT2D eigenvalue weighted by molar-refractivity contribution is -0.123. The van der Waals surface area contributed by atoms with E-state index in [2.05, 4.69) is 4.72 Å². The molecule has 1 amide bonds. The van der Waals surface area contributed by atoms with Crippen LogP contribution in [-0.4, -0.2) is 33.6 Å². The van der Waals surface area contributed by atoms with E-state index in [1.807, 2.05) is 17.5 Å². The number of alkyl halides is 3. The molecule has 1 aromatic heterocycles. The molecule has 136 valence electrons. The topological polar surface area (TPSA) is 75.3 Å². The van der Waals surface area contributed by atoms with Crippen LogP contribution < -0.4 is 10.0 Å². The first-order valence-electron chi connectivity index (χ1n) is 7.14. The van der Waals surface area contributed by atoms with Gasteiger partial charge >= 0.3 is 6.18 Å². The fraction of sp³-hybridized carbons (Fsp3) is 0.267. The van der Waals surface area contributed by atoms with Crippen LogP contribution in [0.3, 0.4) is 0 Å². The average molecular weight is 392 g/mol. The number of amides is 1. The first-order valence-corrected chi connectivity index (χ1v) is 9.51. The largest absolute Gasteiger partial charge is 0.405 e. The summed E-state index contributed by atoms with van der Waals surface area (Å²) in [5.74, 6) is -0.924. The molecule has 1 heterocycles. The minimum absolute atomic E-state index is 0.0539. The van der Waals surface area contributed by atoms with Gasteiger partial charge in [0.15, 0.2) is 0 Å². The highest BCUT2D eigenvalue weighted by atomic mass is 32.2. The molecule has 25 heavy (non-hydrogen) atoms. The zero-order valence-electron chi connectivity index (χ0n) is 12.8. The van der Waals surface area contributed by atoms with Crippen molar-refractivity contribution in [1.29, 1.82) is 0 Å². The second-order valence-corrected chi connectivity index (χ2v) is 7.85. The molecule has 0 aliphatic heterocycles. The normalized spacial score (nSPS) is 12.1. The maximum Gasteiger partial charge on any atom is 0.405 e. The van der Waals surface area contributed by atoms with Crippen molar-refractivity contribution in [2.24, 2.45) is 0 Å². The highest BCUT2D eigenvalue weighted by Crippen LogP contribution is 2.14. The Morgan fingerprint density at radius 3 is 2.36 bits per heavy atom. The van der Waals surface area contributed by atoms with Crippen LogP contribution in [0.1, 0.15) is 15.2 Å². The van der Waals surface area contributed by atoms with E-state index in [9.17, 15) is 26.4 Å². The summed E-state index contributed by atoms with van der Waals surface area (Å²) in [7, 11) is -3.75. The molecule has 0 saturated carbocycles. The lowest BCUT2D eigenvalue weighted by atomic mass is 10.2. The predicted molar refractivity (Wildman–Crippen MR) is 88.0 cm³/mol. The van der Waals surface area contributed by atoms with Crippen LogP contribution in [0.15, 0.2) is 46.7 Å². The van der Waals surface area contributed by atoms with E-state index in [0.29, 0.717) is 6.42 Å². The van der Waals surface area contributed by atoms with Gasteiger partial charge in [-0.25, -0.2) is 13.1 Å². The van der Waals surface area contributed by atoms with E-state index < -0.39 is 28.7 Å². The Morgan fingerprint density at radius 1 is 1.12 bits per heavy atom. The number of halogens is 3. The molecule has 5 nitrogen and oxygen atoms in total. The Kier molecular flexibility index (Phi) is 6.20. The van der Waals surface area contributed by atoms with Crippen molar-refractivity contribution in [1.82, 2.24) is 10.0 Å². The summed E-state index contributed by atoms with van der Waals surface area (Å²) in [6.07, 6.45) is -3.96. The predicted octanol–water partition coefficient (Wildman–Crippen LogP) is 2.56. The molecule has 10 heteroatoms. The summed E-state index contributed by atoms with van der Waals surface area (Å²) in [4.78, 5) is 12.6. The van der Waals surface area contributed by atoms with Gasteiger partial charge in [0, 0.05) is 17.0 Å². The van der Waals surface area contributed by atoms with Gasteiger partial charge in [0.05, 0.1) is 4.90 Å². The van der Waals surface area contributed by atoms with Crippen LogP contribution in [0.2, 0.25) is 0 Å². The second kappa shape index (κ2) is 7.98. The van der Waals surface area contributed by atoms with Crippen molar-refractivity contribution in [3.63, 3.8) is 0 Å². The molecule has 2 aromatic rings. The number of nitrogens with one attached hydrogen (secondary N) is 2.